The van der Waals surface area contributed by atoms with Gasteiger partial charge in [-0.3, -0.25) is 14.5 Å². The van der Waals surface area contributed by atoms with E-state index in [-0.39, 0.29) is 23.9 Å². The number of hydrogen-bond donors (Lipinski definition) is 1. The fourth-order valence-corrected chi connectivity index (χ4v) is 5.56. The van der Waals surface area contributed by atoms with Gasteiger partial charge in [-0.15, -0.1) is 10.2 Å². The van der Waals surface area contributed by atoms with Crippen molar-refractivity contribution in [2.45, 2.75) is 25.1 Å². The Labute approximate surface area is 214 Å². The Bertz CT molecular complexity index is 1340. The number of nitrogens with one attached hydrogen (secondary N) is 1. The lowest BCUT2D eigenvalue weighted by atomic mass is 10.0. The van der Waals surface area contributed by atoms with Crippen molar-refractivity contribution in [3.63, 3.8) is 0 Å². The van der Waals surface area contributed by atoms with Gasteiger partial charge in [0.1, 0.15) is 10.0 Å². The number of anilines is 1. The summed E-state index contributed by atoms with van der Waals surface area (Å²) in [5.74, 6) is -0.721. The zero-order valence-corrected chi connectivity index (χ0v) is 21.8. The minimum atomic E-state index is -3.36. The first-order valence-corrected chi connectivity index (χ1v) is 14.4. The summed E-state index contributed by atoms with van der Waals surface area (Å²) in [5.41, 5.74) is 2.04. The van der Waals surface area contributed by atoms with E-state index in [0.29, 0.717) is 48.1 Å². The molecule has 0 radical (unpaired) electrons. The normalized spacial score (nSPS) is 15.4. The van der Waals surface area contributed by atoms with Crippen molar-refractivity contribution in [2.24, 2.45) is 0 Å². The topological polar surface area (TPSA) is 119 Å². The van der Waals surface area contributed by atoms with Gasteiger partial charge in [0.25, 0.3) is 0 Å². The Morgan fingerprint density at radius 3 is 2.53 bits per heavy atom. The van der Waals surface area contributed by atoms with E-state index in [1.807, 2.05) is 35.2 Å². The van der Waals surface area contributed by atoms with Crippen LogP contribution in [-0.4, -0.2) is 73.8 Å². The van der Waals surface area contributed by atoms with Gasteiger partial charge in [-0.2, -0.15) is 0 Å². The number of amides is 1. The number of Topliss-reactive ketones (excluding diaryl/α,β-unsaturated/α-hetero) is 1. The van der Waals surface area contributed by atoms with Crippen molar-refractivity contribution >= 4 is 38.6 Å². The molecule has 0 saturated carbocycles. The second kappa shape index (κ2) is 11.4. The molecule has 2 aromatic carbocycles. The predicted molar refractivity (Wildman–Crippen MR) is 139 cm³/mol. The highest BCUT2D eigenvalue weighted by Crippen LogP contribution is 2.26. The van der Waals surface area contributed by atoms with Crippen LogP contribution in [0.5, 0.6) is 0 Å². The molecule has 4 rings (SSSR count). The zero-order chi connectivity index (χ0) is 25.7. The fraction of sp³-hybridized carbons (Fsp3) is 0.360. The number of ketones is 1. The van der Waals surface area contributed by atoms with Crippen molar-refractivity contribution < 1.29 is 22.7 Å². The number of morpholine rings is 1. The second-order valence-electron chi connectivity index (χ2n) is 8.72. The van der Waals surface area contributed by atoms with E-state index < -0.39 is 15.9 Å². The Morgan fingerprint density at radius 2 is 1.83 bits per heavy atom. The third-order valence-corrected chi connectivity index (χ3v) is 7.69. The molecule has 1 atom stereocenters. The summed E-state index contributed by atoms with van der Waals surface area (Å²) in [4.78, 5) is 28.1. The molecule has 1 aliphatic heterocycles. The Balaban J connectivity index is 1.53. The van der Waals surface area contributed by atoms with Crippen molar-refractivity contribution in [1.82, 2.24) is 15.1 Å². The van der Waals surface area contributed by atoms with Crippen molar-refractivity contribution in [3.8, 4) is 10.6 Å². The summed E-state index contributed by atoms with van der Waals surface area (Å²) in [6.07, 6.45) is 1.18. The molecular weight excluding hydrogens is 500 g/mol. The van der Waals surface area contributed by atoms with Crippen LogP contribution in [0.25, 0.3) is 10.6 Å². The first-order valence-electron chi connectivity index (χ1n) is 11.5. The van der Waals surface area contributed by atoms with Crippen LogP contribution >= 0.6 is 11.3 Å². The molecule has 1 amide bonds. The van der Waals surface area contributed by atoms with Crippen LogP contribution in [0.4, 0.5) is 5.69 Å². The highest BCUT2D eigenvalue weighted by Gasteiger charge is 2.24. The minimum absolute atomic E-state index is 0.0491. The highest BCUT2D eigenvalue weighted by atomic mass is 32.2. The molecule has 1 fully saturated rings. The number of nitrogens with zero attached hydrogens (tertiary/aromatic N) is 3. The van der Waals surface area contributed by atoms with Gasteiger partial charge in [0.05, 0.1) is 31.4 Å². The van der Waals surface area contributed by atoms with Crippen LogP contribution in [-0.2, 0) is 31.5 Å². The van der Waals surface area contributed by atoms with E-state index in [1.54, 1.807) is 25.1 Å². The summed E-state index contributed by atoms with van der Waals surface area (Å²) in [5, 5.41) is 12.5. The lowest BCUT2D eigenvalue weighted by Crippen LogP contribution is -2.47. The van der Waals surface area contributed by atoms with E-state index in [4.69, 9.17) is 4.74 Å². The maximum atomic E-state index is 13.1. The molecule has 1 N–H and O–H groups in total. The number of benzene rings is 2. The molecule has 3 aromatic rings. The Hall–Kier alpha value is -2.99. The fourth-order valence-electron chi connectivity index (χ4n) is 3.90. The standard InChI is InChI=1S/C25H28N4O5S2/c1-17(29-10-12-34-13-11-29)24(31)26-21-14-19(8-9-20(21)16-36(2,32)33)22(30)15-23-27-28-25(35-23)18-6-4-3-5-7-18/h3-9,14,17H,10-13,15-16H2,1-2H3,(H,26,31). The summed E-state index contributed by atoms with van der Waals surface area (Å²) in [7, 11) is -3.36. The van der Waals surface area contributed by atoms with Crippen molar-refractivity contribution in [3.05, 3.63) is 64.7 Å². The van der Waals surface area contributed by atoms with E-state index in [0.717, 1.165) is 16.8 Å². The van der Waals surface area contributed by atoms with Crippen LogP contribution in [0, 0.1) is 0 Å². The highest BCUT2D eigenvalue weighted by molar-refractivity contribution is 7.89. The number of carbonyl (C=O) groups excluding carboxylic acids is 2. The first-order chi connectivity index (χ1) is 17.2. The predicted octanol–water partition coefficient (Wildman–Crippen LogP) is 2.83. The number of aromatic nitrogens is 2. The lowest BCUT2D eigenvalue weighted by Gasteiger charge is -2.31. The number of ether oxygens (including phenoxy) is 1. The van der Waals surface area contributed by atoms with Crippen LogP contribution in [0.15, 0.2) is 48.5 Å². The van der Waals surface area contributed by atoms with E-state index in [9.17, 15) is 18.0 Å². The van der Waals surface area contributed by atoms with Gasteiger partial charge in [0.2, 0.25) is 5.91 Å². The lowest BCUT2D eigenvalue weighted by molar-refractivity contribution is -0.122. The van der Waals surface area contributed by atoms with Crippen molar-refractivity contribution in [2.75, 3.05) is 37.9 Å². The van der Waals surface area contributed by atoms with Gasteiger partial charge in [-0.1, -0.05) is 53.8 Å². The molecule has 1 aliphatic rings. The summed E-state index contributed by atoms with van der Waals surface area (Å²) in [6.45, 7) is 4.18. The number of hydrogen-bond acceptors (Lipinski definition) is 9. The van der Waals surface area contributed by atoms with Gasteiger partial charge in [-0.05, 0) is 18.6 Å². The summed E-state index contributed by atoms with van der Waals surface area (Å²) >= 11 is 1.35. The quantitative estimate of drug-likeness (QED) is 0.421. The molecule has 9 nitrogen and oxygen atoms in total. The molecule has 190 valence electrons. The molecule has 0 aliphatic carbocycles. The van der Waals surface area contributed by atoms with Crippen LogP contribution in [0.3, 0.4) is 0 Å². The minimum Gasteiger partial charge on any atom is -0.379 e. The van der Waals surface area contributed by atoms with Gasteiger partial charge in [0, 0.05) is 36.2 Å². The molecule has 36 heavy (non-hydrogen) atoms. The molecule has 1 aromatic heterocycles. The van der Waals surface area contributed by atoms with E-state index in [1.165, 1.54) is 11.3 Å². The molecule has 1 saturated heterocycles. The third kappa shape index (κ3) is 6.82. The first kappa shape index (κ1) is 26.1. The average Bonchev–Trinajstić information content (AvgIpc) is 3.33. The SMILES string of the molecule is CC(C(=O)Nc1cc(C(=O)Cc2nnc(-c3ccccc3)s2)ccc1CS(C)(=O)=O)N1CCOCC1. The van der Waals surface area contributed by atoms with Crippen LogP contribution in [0.1, 0.15) is 27.9 Å². The third-order valence-electron chi connectivity index (χ3n) is 5.88. The number of carbonyl (C=O) groups is 2. The average molecular weight is 529 g/mol. The van der Waals surface area contributed by atoms with Gasteiger partial charge < -0.3 is 10.1 Å². The summed E-state index contributed by atoms with van der Waals surface area (Å²) in [6, 6.07) is 13.9. The molecule has 2 heterocycles. The monoisotopic (exact) mass is 528 g/mol. The van der Waals surface area contributed by atoms with E-state index in [2.05, 4.69) is 15.5 Å². The van der Waals surface area contributed by atoms with Crippen LogP contribution in [0.2, 0.25) is 0 Å². The molecular formula is C25H28N4O5S2. The smallest absolute Gasteiger partial charge is 0.241 e. The maximum absolute atomic E-state index is 13.1. The molecule has 11 heteroatoms. The van der Waals surface area contributed by atoms with E-state index >= 15 is 0 Å². The maximum Gasteiger partial charge on any atom is 0.241 e. The van der Waals surface area contributed by atoms with Crippen LogP contribution < -0.4 is 5.32 Å². The number of rotatable bonds is 9. The van der Waals surface area contributed by atoms with Gasteiger partial charge in [-0.25, -0.2) is 8.42 Å². The van der Waals surface area contributed by atoms with Gasteiger partial charge in [0.15, 0.2) is 15.6 Å². The number of sulfone groups is 1. The summed E-state index contributed by atoms with van der Waals surface area (Å²) < 4.78 is 29.3. The van der Waals surface area contributed by atoms with Crippen molar-refractivity contribution in [1.29, 1.82) is 0 Å². The van der Waals surface area contributed by atoms with Gasteiger partial charge >= 0.3 is 0 Å². The molecule has 0 bridgehead atoms. The molecule has 1 unspecified atom stereocenters. The zero-order valence-electron chi connectivity index (χ0n) is 20.1. The largest absolute Gasteiger partial charge is 0.379 e. The molecule has 0 spiro atoms. The Kier molecular flexibility index (Phi) is 8.24. The Morgan fingerprint density at radius 1 is 1.11 bits per heavy atom. The second-order valence-corrected chi connectivity index (χ2v) is 11.9.